The first-order valence-corrected chi connectivity index (χ1v) is 7.94. The Bertz CT molecular complexity index is 427. The fourth-order valence-electron chi connectivity index (χ4n) is 2.97. The van der Waals surface area contributed by atoms with Crippen LogP contribution in [0.4, 0.5) is 0 Å². The standard InChI is InChI=1S/C16H28O7/c1-14(2,18)20-10(8-17)7-11-13(23-16(5,6)21-11)12-9-19-15(3,4)22-12/h8,10-13,18H,7,9H2,1-6H3/t10-,11-,12-,13+/m1/s1. The van der Waals surface area contributed by atoms with Crippen LogP contribution in [0.3, 0.4) is 0 Å². The summed E-state index contributed by atoms with van der Waals surface area (Å²) in [5.74, 6) is -2.85. The smallest absolute Gasteiger partial charge is 0.163 e. The Morgan fingerprint density at radius 1 is 1.22 bits per heavy atom. The third-order valence-corrected chi connectivity index (χ3v) is 3.67. The van der Waals surface area contributed by atoms with Gasteiger partial charge in [0, 0.05) is 6.42 Å². The summed E-state index contributed by atoms with van der Waals surface area (Å²) in [6, 6.07) is 0. The topological polar surface area (TPSA) is 83.5 Å². The zero-order valence-electron chi connectivity index (χ0n) is 14.7. The Morgan fingerprint density at radius 2 is 1.87 bits per heavy atom. The van der Waals surface area contributed by atoms with E-state index >= 15 is 0 Å². The van der Waals surface area contributed by atoms with Gasteiger partial charge in [-0.15, -0.1) is 0 Å². The summed E-state index contributed by atoms with van der Waals surface area (Å²) >= 11 is 0. The zero-order chi connectivity index (χ0) is 17.5. The molecule has 7 heteroatoms. The van der Waals surface area contributed by atoms with Gasteiger partial charge in [-0.1, -0.05) is 0 Å². The molecule has 2 aliphatic rings. The number of ether oxygens (including phenoxy) is 5. The van der Waals surface area contributed by atoms with Gasteiger partial charge in [0.1, 0.15) is 24.6 Å². The largest absolute Gasteiger partial charge is 0.366 e. The number of rotatable bonds is 6. The highest BCUT2D eigenvalue weighted by atomic mass is 16.8. The average molecular weight is 332 g/mol. The van der Waals surface area contributed by atoms with E-state index in [0.717, 1.165) is 0 Å². The van der Waals surface area contributed by atoms with Gasteiger partial charge < -0.3 is 33.6 Å². The van der Waals surface area contributed by atoms with Gasteiger partial charge >= 0.3 is 0 Å². The van der Waals surface area contributed by atoms with E-state index in [1.807, 2.05) is 27.7 Å². The number of aliphatic hydroxyl groups is 1. The van der Waals surface area contributed by atoms with E-state index in [-0.39, 0.29) is 18.6 Å². The molecule has 0 aliphatic carbocycles. The molecule has 23 heavy (non-hydrogen) atoms. The Balaban J connectivity index is 2.06. The molecule has 2 fully saturated rings. The SMILES string of the molecule is CC(C)(O)O[C@@H](C=O)C[C@H]1OC(C)(C)O[C@@H]1[C@H]1COC(C)(C)O1. The molecule has 0 saturated carbocycles. The molecule has 2 heterocycles. The first-order valence-electron chi connectivity index (χ1n) is 7.94. The van der Waals surface area contributed by atoms with E-state index in [2.05, 4.69) is 0 Å². The van der Waals surface area contributed by atoms with E-state index in [0.29, 0.717) is 12.9 Å². The molecule has 4 atom stereocenters. The van der Waals surface area contributed by atoms with Crippen molar-refractivity contribution in [2.45, 2.75) is 89.7 Å². The predicted octanol–water partition coefficient (Wildman–Crippen LogP) is 1.36. The van der Waals surface area contributed by atoms with Crippen LogP contribution >= 0.6 is 0 Å². The highest BCUT2D eigenvalue weighted by molar-refractivity contribution is 5.56. The lowest BCUT2D eigenvalue weighted by Crippen LogP contribution is -2.41. The van der Waals surface area contributed by atoms with Crippen molar-refractivity contribution in [3.63, 3.8) is 0 Å². The van der Waals surface area contributed by atoms with Gasteiger partial charge in [0.15, 0.2) is 17.4 Å². The normalized spacial score (nSPS) is 34.5. The lowest BCUT2D eigenvalue weighted by Gasteiger charge is -2.27. The quantitative estimate of drug-likeness (QED) is 0.581. The van der Waals surface area contributed by atoms with Crippen LogP contribution in [0.1, 0.15) is 48.0 Å². The van der Waals surface area contributed by atoms with Gasteiger partial charge in [-0.3, -0.25) is 0 Å². The minimum absolute atomic E-state index is 0.266. The summed E-state index contributed by atoms with van der Waals surface area (Å²) in [5, 5.41) is 9.74. The van der Waals surface area contributed by atoms with Crippen LogP contribution in [0.5, 0.6) is 0 Å². The molecular weight excluding hydrogens is 304 g/mol. The first kappa shape index (κ1) is 18.8. The fourth-order valence-corrected chi connectivity index (χ4v) is 2.97. The molecular formula is C16H28O7. The van der Waals surface area contributed by atoms with E-state index < -0.39 is 29.6 Å². The van der Waals surface area contributed by atoms with Crippen molar-refractivity contribution < 1.29 is 33.6 Å². The second-order valence-electron chi connectivity index (χ2n) is 7.48. The predicted molar refractivity (Wildman–Crippen MR) is 80.6 cm³/mol. The number of hydrogen-bond donors (Lipinski definition) is 1. The molecule has 0 amide bonds. The maximum Gasteiger partial charge on any atom is 0.163 e. The minimum Gasteiger partial charge on any atom is -0.366 e. The minimum atomic E-state index is -1.40. The summed E-state index contributed by atoms with van der Waals surface area (Å²) in [6.07, 6.45) is -0.923. The van der Waals surface area contributed by atoms with Crippen molar-refractivity contribution in [3.8, 4) is 0 Å². The van der Waals surface area contributed by atoms with Crippen molar-refractivity contribution >= 4 is 6.29 Å². The Hall–Kier alpha value is -0.570. The highest BCUT2D eigenvalue weighted by Crippen LogP contribution is 2.37. The molecule has 0 spiro atoms. The fraction of sp³-hybridized carbons (Fsp3) is 0.938. The third-order valence-electron chi connectivity index (χ3n) is 3.67. The number of carbonyl (C=O) groups is 1. The monoisotopic (exact) mass is 332 g/mol. The molecule has 134 valence electrons. The van der Waals surface area contributed by atoms with Crippen molar-refractivity contribution in [3.05, 3.63) is 0 Å². The molecule has 1 N–H and O–H groups in total. The average Bonchev–Trinajstić information content (AvgIpc) is 2.86. The summed E-state index contributed by atoms with van der Waals surface area (Å²) in [7, 11) is 0. The van der Waals surface area contributed by atoms with Gasteiger partial charge in [-0.25, -0.2) is 0 Å². The van der Waals surface area contributed by atoms with Crippen molar-refractivity contribution in [2.75, 3.05) is 6.61 Å². The molecule has 2 rings (SSSR count). The van der Waals surface area contributed by atoms with E-state index in [9.17, 15) is 9.90 Å². The number of carbonyl (C=O) groups excluding carboxylic acids is 1. The number of hydrogen-bond acceptors (Lipinski definition) is 7. The van der Waals surface area contributed by atoms with Crippen LogP contribution in [0, 0.1) is 0 Å². The van der Waals surface area contributed by atoms with Gasteiger partial charge in [0.2, 0.25) is 0 Å². The molecule has 0 aromatic carbocycles. The van der Waals surface area contributed by atoms with E-state index in [4.69, 9.17) is 23.7 Å². The Kier molecular flexibility index (Phi) is 5.21. The number of aldehydes is 1. The Morgan fingerprint density at radius 3 is 2.35 bits per heavy atom. The maximum absolute atomic E-state index is 11.3. The van der Waals surface area contributed by atoms with Crippen LogP contribution in [-0.4, -0.2) is 59.8 Å². The van der Waals surface area contributed by atoms with Crippen LogP contribution in [-0.2, 0) is 28.5 Å². The molecule has 0 bridgehead atoms. The van der Waals surface area contributed by atoms with Crippen molar-refractivity contribution in [1.82, 2.24) is 0 Å². The molecule has 0 radical (unpaired) electrons. The summed E-state index contributed by atoms with van der Waals surface area (Å²) in [4.78, 5) is 11.3. The van der Waals surface area contributed by atoms with Crippen molar-refractivity contribution in [1.29, 1.82) is 0 Å². The second kappa shape index (κ2) is 6.38. The molecule has 0 aromatic rings. The molecule has 0 unspecified atom stereocenters. The molecule has 7 nitrogen and oxygen atoms in total. The van der Waals surface area contributed by atoms with E-state index in [1.165, 1.54) is 13.8 Å². The summed E-state index contributed by atoms with van der Waals surface area (Å²) in [6.45, 7) is 10.7. The summed E-state index contributed by atoms with van der Waals surface area (Å²) < 4.78 is 28.7. The van der Waals surface area contributed by atoms with Crippen molar-refractivity contribution in [2.24, 2.45) is 0 Å². The zero-order valence-corrected chi connectivity index (χ0v) is 14.7. The molecule has 0 aromatic heterocycles. The molecule has 2 aliphatic heterocycles. The highest BCUT2D eigenvalue weighted by Gasteiger charge is 2.50. The maximum atomic E-state index is 11.3. The van der Waals surface area contributed by atoms with Gasteiger partial charge in [-0.05, 0) is 41.5 Å². The lowest BCUT2D eigenvalue weighted by atomic mass is 10.0. The van der Waals surface area contributed by atoms with E-state index in [1.54, 1.807) is 0 Å². The van der Waals surface area contributed by atoms with Gasteiger partial charge in [-0.2, -0.15) is 0 Å². The van der Waals surface area contributed by atoms with Crippen LogP contribution in [0.15, 0.2) is 0 Å². The van der Waals surface area contributed by atoms with Crippen LogP contribution < -0.4 is 0 Å². The van der Waals surface area contributed by atoms with Gasteiger partial charge in [0.25, 0.3) is 0 Å². The van der Waals surface area contributed by atoms with Crippen LogP contribution in [0.25, 0.3) is 0 Å². The lowest BCUT2D eigenvalue weighted by molar-refractivity contribution is -0.208. The third kappa shape index (κ3) is 5.20. The van der Waals surface area contributed by atoms with Gasteiger partial charge in [0.05, 0.1) is 12.7 Å². The Labute approximate surface area is 137 Å². The summed E-state index contributed by atoms with van der Waals surface area (Å²) in [5.41, 5.74) is 0. The molecule has 2 saturated heterocycles. The van der Waals surface area contributed by atoms with Crippen LogP contribution in [0.2, 0.25) is 0 Å². The second-order valence-corrected chi connectivity index (χ2v) is 7.48. The first-order chi connectivity index (χ1) is 10.4.